The van der Waals surface area contributed by atoms with Crippen molar-refractivity contribution in [2.24, 2.45) is 0 Å². The molecule has 4 aliphatic heterocycles. The zero-order valence-corrected chi connectivity index (χ0v) is 55.8. The van der Waals surface area contributed by atoms with Crippen LogP contribution in [0.3, 0.4) is 0 Å². The molecule has 12 N–H and O–H groups in total. The zero-order valence-electron chi connectivity index (χ0n) is 55.1. The number of unbranched alkanes of at least 4 members (excludes halogenated alkanes) is 5. The van der Waals surface area contributed by atoms with Crippen LogP contribution in [0.4, 0.5) is 0 Å². The van der Waals surface area contributed by atoms with Crippen molar-refractivity contribution in [1.82, 2.24) is 67.0 Å². The lowest BCUT2D eigenvalue weighted by Crippen LogP contribution is -2.46. The van der Waals surface area contributed by atoms with Crippen molar-refractivity contribution in [3.05, 3.63) is 117 Å². The molecule has 0 radical (unpaired) electrons. The predicted octanol–water partition coefficient (Wildman–Crippen LogP) is 1.92. The molecule has 12 bridgehead atoms. The highest BCUT2D eigenvalue weighted by molar-refractivity contribution is 6.17. The quantitative estimate of drug-likeness (QED) is 0.0500. The second-order valence-electron chi connectivity index (χ2n) is 23.7. The van der Waals surface area contributed by atoms with Gasteiger partial charge in [-0.15, -0.1) is 11.6 Å². The van der Waals surface area contributed by atoms with Crippen molar-refractivity contribution in [3.63, 3.8) is 0 Å². The number of carbonyl (C=O) groups is 9. The third kappa shape index (κ3) is 24.1. The Morgan fingerprint density at radius 2 is 0.670 bits per heavy atom. The van der Waals surface area contributed by atoms with Crippen LogP contribution in [0.15, 0.2) is 72.8 Å². The number of carbonyl (C=O) groups excluding carboxylic acids is 9. The first-order chi connectivity index (χ1) is 47.0. The number of amides is 9. The summed E-state index contributed by atoms with van der Waals surface area (Å²) in [6.07, 6.45) is 5.77. The first-order valence-electron chi connectivity index (χ1n) is 33.5. The molecule has 0 fully saturated rings. The molecule has 4 heterocycles. The lowest BCUT2D eigenvalue weighted by molar-refractivity contribution is -0.121. The number of benzene rings is 4. The Labute approximate surface area is 570 Å². The summed E-state index contributed by atoms with van der Waals surface area (Å²) in [6, 6.07) is 17.1. The number of para-hydroxylation sites is 4. The van der Waals surface area contributed by atoms with E-state index >= 15 is 0 Å². The normalized spacial score (nSPS) is 19.8. The van der Waals surface area contributed by atoms with Crippen molar-refractivity contribution in [2.45, 2.75) is 51.4 Å². The average Bonchev–Trinajstić information content (AvgIpc) is 0.896. The van der Waals surface area contributed by atoms with E-state index in [-0.39, 0.29) is 194 Å². The van der Waals surface area contributed by atoms with Crippen LogP contribution < -0.4 is 42.5 Å². The molecule has 2 atom stereocenters. The van der Waals surface area contributed by atoms with E-state index in [4.69, 9.17) is 21.1 Å². The molecule has 9 amide bonds. The number of nitrogens with one attached hydrogen (secondary N) is 8. The van der Waals surface area contributed by atoms with E-state index in [2.05, 4.69) is 42.5 Å². The van der Waals surface area contributed by atoms with Gasteiger partial charge in [-0.3, -0.25) is 62.8 Å². The lowest BCUT2D eigenvalue weighted by Gasteiger charge is -2.31. The van der Waals surface area contributed by atoms with Crippen LogP contribution in [0, 0.1) is 0 Å². The van der Waals surface area contributed by atoms with Gasteiger partial charge < -0.3 is 77.3 Å². The molecule has 0 spiro atoms. The summed E-state index contributed by atoms with van der Waals surface area (Å²) in [7, 11) is 0. The minimum atomic E-state index is -0.673. The second-order valence-corrected chi connectivity index (χ2v) is 24.1. The molecule has 4 aliphatic rings. The number of rotatable bonds is 18. The van der Waals surface area contributed by atoms with Gasteiger partial charge in [0.25, 0.3) is 47.3 Å². The van der Waals surface area contributed by atoms with Crippen LogP contribution in [-0.2, 0) is 14.3 Å². The van der Waals surface area contributed by atoms with Crippen LogP contribution in [0.1, 0.15) is 134 Å². The smallest absolute Gasteiger partial charge is 0.257 e. The number of nitrogens with zero attached hydrogens (tertiary/aromatic N) is 5. The average molecular weight is 1370 g/mol. The van der Waals surface area contributed by atoms with E-state index in [1.54, 1.807) is 4.90 Å². The van der Waals surface area contributed by atoms with Gasteiger partial charge in [-0.1, -0.05) is 43.5 Å². The Morgan fingerprint density at radius 1 is 0.371 bits per heavy atom. The maximum atomic E-state index is 15.0. The predicted molar refractivity (Wildman–Crippen MR) is 363 cm³/mol. The molecule has 0 aromatic heterocycles. The first-order valence-corrected chi connectivity index (χ1v) is 34.0. The van der Waals surface area contributed by atoms with Gasteiger partial charge in [-0.05, 0) is 74.2 Å². The Bertz CT molecular complexity index is 3220. The highest BCUT2D eigenvalue weighted by Gasteiger charge is 2.27. The van der Waals surface area contributed by atoms with Crippen LogP contribution in [-0.4, -0.2) is 274 Å². The molecule has 29 heteroatoms. The fourth-order valence-electron chi connectivity index (χ4n) is 11.3. The maximum Gasteiger partial charge on any atom is 0.257 e. The highest BCUT2D eigenvalue weighted by Crippen LogP contribution is 2.27. The Hall–Kier alpha value is -8.64. The van der Waals surface area contributed by atoms with Crippen molar-refractivity contribution >= 4 is 64.8 Å². The Balaban J connectivity index is 1.20. The number of halogens is 1. The summed E-state index contributed by atoms with van der Waals surface area (Å²) in [5, 5.41) is 69.0. The third-order valence-electron chi connectivity index (χ3n) is 17.0. The first kappa shape index (κ1) is 75.7. The summed E-state index contributed by atoms with van der Waals surface area (Å²) < 4.78 is 11.3. The van der Waals surface area contributed by atoms with Crippen molar-refractivity contribution in [2.75, 3.05) is 176 Å². The van der Waals surface area contributed by atoms with Crippen LogP contribution in [0.5, 0.6) is 23.0 Å². The van der Waals surface area contributed by atoms with E-state index in [0.29, 0.717) is 58.1 Å². The number of phenolic OH excluding ortho intramolecular Hbond substituents is 4. The molecule has 0 aliphatic carbocycles. The highest BCUT2D eigenvalue weighted by atomic mass is 35.5. The van der Waals surface area contributed by atoms with Gasteiger partial charge in [0.15, 0.2) is 0 Å². The van der Waals surface area contributed by atoms with Crippen molar-refractivity contribution in [1.29, 1.82) is 0 Å². The fourth-order valence-corrected chi connectivity index (χ4v) is 11.5. The van der Waals surface area contributed by atoms with Gasteiger partial charge in [-0.25, -0.2) is 0 Å². The monoisotopic (exact) mass is 1370 g/mol. The lowest BCUT2D eigenvalue weighted by atomic mass is 10.1. The van der Waals surface area contributed by atoms with Crippen molar-refractivity contribution < 1.29 is 73.1 Å². The van der Waals surface area contributed by atoms with Crippen LogP contribution >= 0.6 is 11.6 Å². The number of aromatic hydroxyl groups is 4. The molecular formula is C68H94ClN13O15. The number of phenols is 4. The largest absolute Gasteiger partial charge is 0.506 e. The summed E-state index contributed by atoms with van der Waals surface area (Å²) in [4.78, 5) is 134. The number of alkyl halides is 1. The molecule has 0 saturated carbocycles. The molecule has 4 aromatic rings. The van der Waals surface area contributed by atoms with Gasteiger partial charge in [0.05, 0.1) is 64.3 Å². The van der Waals surface area contributed by atoms with E-state index in [9.17, 15) is 63.6 Å². The topological polar surface area (TPSA) is 365 Å². The Morgan fingerprint density at radius 3 is 1.03 bits per heavy atom. The van der Waals surface area contributed by atoms with Gasteiger partial charge in [0.1, 0.15) is 23.0 Å². The van der Waals surface area contributed by atoms with Gasteiger partial charge in [0.2, 0.25) is 5.91 Å². The van der Waals surface area contributed by atoms with E-state index in [1.165, 1.54) is 72.8 Å². The van der Waals surface area contributed by atoms with Crippen LogP contribution in [0.25, 0.3) is 0 Å². The van der Waals surface area contributed by atoms with Gasteiger partial charge in [-0.2, -0.15) is 0 Å². The van der Waals surface area contributed by atoms with Gasteiger partial charge >= 0.3 is 0 Å². The zero-order chi connectivity index (χ0) is 69.3. The number of ether oxygens (including phenoxy) is 2. The molecule has 4 aromatic carbocycles. The molecular weight excluding hydrogens is 1270 g/mol. The Kier molecular flexibility index (Phi) is 31.9. The second kappa shape index (κ2) is 40.8. The number of hydrogen-bond donors (Lipinski definition) is 12. The molecule has 8 rings (SSSR count). The SMILES string of the molecule is O=C(CCCCCN1CCN2CCNC(=O)c3cccc(c3O)C(=O)NCCN(CCNC(=O)c3cccc(c3O)C1=O)CCN1CCNC(=O)c3cccc(c3O)C(=O)NCCN(CCNC(=O)c3cccc(c3O)C(=O)NCC1)CC2)NCCOCCOCCCCCCCl. The van der Waals surface area contributed by atoms with Crippen LogP contribution in [0.2, 0.25) is 0 Å². The number of fused-ring (bicyclic) bond motifs is 16. The minimum absolute atomic E-state index is 0.00384. The standard InChI is InChI=1S/C68H94ClN13O15/c69-21-5-1-2-7-44-96-46-47-97-45-29-70-56(83)20-4-3-6-30-82-43-42-81-37-28-77-66(93)53-17-10-16-52(59(53)86)63(90)73-24-33-79(34-27-76-67(94)54-18-11-19-55(60(54)87)68(82)95)39-38-78-31-22-71-61(88)48-12-8-14-50(57(48)84)64(91)74-25-35-80(40-41-81)36-26-75-65(92)51-15-9-13-49(58(51)85)62(89)72-23-32-78/h8-19,84-87H,1-7,20-47H2,(H,70,83)(H,71,88)(H,72,89)(H,73,90)(H,74,91)(H,75,92)(H,76,94)(H,77,93). The minimum Gasteiger partial charge on any atom is -0.506 e. The molecule has 2 unspecified atom stereocenters. The molecule has 97 heavy (non-hydrogen) atoms. The summed E-state index contributed by atoms with van der Waals surface area (Å²) in [5.74, 6) is -6.90. The summed E-state index contributed by atoms with van der Waals surface area (Å²) in [5.41, 5.74) is -1.21. The van der Waals surface area contributed by atoms with E-state index in [0.717, 1.165) is 25.7 Å². The van der Waals surface area contributed by atoms with E-state index < -0.39 is 70.3 Å². The fraction of sp³-hybridized carbons (Fsp3) is 0.515. The molecule has 0 saturated heterocycles. The molecule has 28 nitrogen and oxygen atoms in total. The summed E-state index contributed by atoms with van der Waals surface area (Å²) in [6.45, 7) is 4.50. The van der Waals surface area contributed by atoms with Crippen molar-refractivity contribution in [3.8, 4) is 23.0 Å². The molecule has 528 valence electrons. The summed E-state index contributed by atoms with van der Waals surface area (Å²) >= 11 is 5.75. The number of hydrogen-bond acceptors (Lipinski definition) is 19. The maximum absolute atomic E-state index is 15.0. The third-order valence-corrected chi connectivity index (χ3v) is 17.2. The van der Waals surface area contributed by atoms with E-state index in [1.807, 2.05) is 19.6 Å². The van der Waals surface area contributed by atoms with Gasteiger partial charge in [0, 0.05) is 163 Å².